The van der Waals surface area contributed by atoms with Gasteiger partial charge >= 0.3 is 6.18 Å². The van der Waals surface area contributed by atoms with Gasteiger partial charge in [-0.05, 0) is 29.1 Å². The van der Waals surface area contributed by atoms with Crippen LogP contribution < -0.4 is 0 Å². The SMILES string of the molecule is O=S(=O)(Cl)Cc1ccc2sc(C(F)(F)F)cc2c1. The monoisotopic (exact) mass is 314 g/mol. The maximum absolute atomic E-state index is 12.5. The normalized spacial score (nSPS) is 13.1. The zero-order chi connectivity index (χ0) is 13.6. The van der Waals surface area contributed by atoms with Crippen molar-refractivity contribution in [2.24, 2.45) is 0 Å². The zero-order valence-corrected chi connectivity index (χ0v) is 11.1. The highest BCUT2D eigenvalue weighted by Gasteiger charge is 2.32. The first kappa shape index (κ1) is 13.6. The maximum atomic E-state index is 12.5. The van der Waals surface area contributed by atoms with E-state index >= 15 is 0 Å². The molecule has 0 N–H and O–H groups in total. The van der Waals surface area contributed by atoms with Crippen molar-refractivity contribution in [2.45, 2.75) is 11.9 Å². The second-order valence-electron chi connectivity index (χ2n) is 3.66. The largest absolute Gasteiger partial charge is 0.425 e. The fourth-order valence-electron chi connectivity index (χ4n) is 1.52. The summed E-state index contributed by atoms with van der Waals surface area (Å²) in [6.45, 7) is 0. The highest BCUT2D eigenvalue weighted by Crippen LogP contribution is 2.38. The van der Waals surface area contributed by atoms with Crippen LogP contribution in [-0.4, -0.2) is 8.42 Å². The summed E-state index contributed by atoms with van der Waals surface area (Å²) in [5.74, 6) is -0.401. The fraction of sp³-hybridized carbons (Fsp3) is 0.200. The van der Waals surface area contributed by atoms with E-state index in [9.17, 15) is 21.6 Å². The first-order valence-electron chi connectivity index (χ1n) is 4.67. The second-order valence-corrected chi connectivity index (χ2v) is 7.52. The Labute approximate surface area is 109 Å². The fourth-order valence-corrected chi connectivity index (χ4v) is 3.39. The van der Waals surface area contributed by atoms with E-state index in [2.05, 4.69) is 0 Å². The van der Waals surface area contributed by atoms with Crippen molar-refractivity contribution in [1.29, 1.82) is 0 Å². The number of hydrogen-bond donors (Lipinski definition) is 0. The minimum Gasteiger partial charge on any atom is -0.212 e. The third kappa shape index (κ3) is 3.15. The molecule has 0 unspecified atom stereocenters. The van der Waals surface area contributed by atoms with Crippen molar-refractivity contribution in [3.05, 3.63) is 34.7 Å². The first-order valence-corrected chi connectivity index (χ1v) is 7.97. The molecule has 18 heavy (non-hydrogen) atoms. The first-order chi connectivity index (χ1) is 8.15. The van der Waals surface area contributed by atoms with E-state index in [4.69, 9.17) is 10.7 Å². The van der Waals surface area contributed by atoms with Gasteiger partial charge in [-0.15, -0.1) is 11.3 Å². The average Bonchev–Trinajstić information content (AvgIpc) is 2.57. The number of benzene rings is 1. The van der Waals surface area contributed by atoms with E-state index in [1.165, 1.54) is 18.2 Å². The quantitative estimate of drug-likeness (QED) is 0.785. The predicted octanol–water partition coefficient (Wildman–Crippen LogP) is 3.99. The minimum absolute atomic E-state index is 0.365. The molecule has 0 bridgehead atoms. The molecule has 0 saturated carbocycles. The van der Waals surface area contributed by atoms with Gasteiger partial charge in [0.15, 0.2) is 0 Å². The average molecular weight is 315 g/mol. The van der Waals surface area contributed by atoms with Crippen LogP contribution in [-0.2, 0) is 21.0 Å². The van der Waals surface area contributed by atoms with Gasteiger partial charge in [0, 0.05) is 15.4 Å². The van der Waals surface area contributed by atoms with Gasteiger partial charge in [-0.1, -0.05) is 6.07 Å². The molecule has 98 valence electrons. The van der Waals surface area contributed by atoms with Crippen LogP contribution in [0.5, 0.6) is 0 Å². The van der Waals surface area contributed by atoms with Crippen LogP contribution in [0.2, 0.25) is 0 Å². The Morgan fingerprint density at radius 3 is 2.44 bits per heavy atom. The molecule has 2 nitrogen and oxygen atoms in total. The Balaban J connectivity index is 2.46. The molecule has 0 spiro atoms. The molecule has 1 aromatic heterocycles. The lowest BCUT2D eigenvalue weighted by molar-refractivity contribution is -0.134. The summed E-state index contributed by atoms with van der Waals surface area (Å²) in [6, 6.07) is 5.33. The van der Waals surface area contributed by atoms with Crippen molar-refractivity contribution in [1.82, 2.24) is 0 Å². The van der Waals surface area contributed by atoms with Crippen molar-refractivity contribution < 1.29 is 21.6 Å². The molecule has 0 fully saturated rings. The number of halogens is 4. The summed E-state index contributed by atoms with van der Waals surface area (Å²) < 4.78 is 59.7. The van der Waals surface area contributed by atoms with E-state index in [0.717, 1.165) is 6.07 Å². The van der Waals surface area contributed by atoms with E-state index in [1.54, 1.807) is 0 Å². The van der Waals surface area contributed by atoms with Crippen molar-refractivity contribution >= 4 is 41.2 Å². The Kier molecular flexibility index (Phi) is 3.33. The molecule has 1 heterocycles. The van der Waals surface area contributed by atoms with Crippen LogP contribution in [0.25, 0.3) is 10.1 Å². The molecule has 0 saturated heterocycles. The molecule has 0 atom stereocenters. The number of alkyl halides is 3. The van der Waals surface area contributed by atoms with E-state index in [-0.39, 0.29) is 0 Å². The van der Waals surface area contributed by atoms with Crippen LogP contribution in [0.4, 0.5) is 13.2 Å². The number of rotatable bonds is 2. The van der Waals surface area contributed by atoms with Gasteiger partial charge in [-0.25, -0.2) is 8.42 Å². The van der Waals surface area contributed by atoms with Gasteiger partial charge in [-0.2, -0.15) is 13.2 Å². The van der Waals surface area contributed by atoms with Gasteiger partial charge in [0.05, 0.1) is 5.75 Å². The number of fused-ring (bicyclic) bond motifs is 1. The van der Waals surface area contributed by atoms with Crippen LogP contribution in [0.1, 0.15) is 10.4 Å². The highest BCUT2D eigenvalue weighted by atomic mass is 35.7. The van der Waals surface area contributed by atoms with Crippen LogP contribution in [0, 0.1) is 0 Å². The molecule has 0 aliphatic heterocycles. The summed E-state index contributed by atoms with van der Waals surface area (Å²) in [5, 5.41) is 0.366. The molecule has 0 aliphatic rings. The van der Waals surface area contributed by atoms with E-state index < -0.39 is 25.9 Å². The second kappa shape index (κ2) is 4.40. The summed E-state index contributed by atoms with van der Waals surface area (Å²) in [5.41, 5.74) is 0.365. The number of thiophene rings is 1. The van der Waals surface area contributed by atoms with E-state index in [0.29, 0.717) is 27.0 Å². The lowest BCUT2D eigenvalue weighted by Crippen LogP contribution is -2.00. The van der Waals surface area contributed by atoms with Crippen LogP contribution in [0.3, 0.4) is 0 Å². The van der Waals surface area contributed by atoms with Gasteiger partial charge in [0.25, 0.3) is 0 Å². The Hall–Kier alpha value is -0.790. The molecular formula is C10H6ClF3O2S2. The van der Waals surface area contributed by atoms with Crippen molar-refractivity contribution in [3.8, 4) is 0 Å². The van der Waals surface area contributed by atoms with Gasteiger partial charge in [-0.3, -0.25) is 0 Å². The molecule has 1 aromatic carbocycles. The Morgan fingerprint density at radius 2 is 1.89 bits per heavy atom. The molecule has 2 rings (SSSR count). The third-order valence-electron chi connectivity index (χ3n) is 2.20. The topological polar surface area (TPSA) is 34.1 Å². The molecule has 0 radical (unpaired) electrons. The predicted molar refractivity (Wildman–Crippen MR) is 65.3 cm³/mol. The molecule has 2 aromatic rings. The summed E-state index contributed by atoms with van der Waals surface area (Å²) >= 11 is 0.623. The lowest BCUT2D eigenvalue weighted by atomic mass is 10.2. The number of hydrogen-bond acceptors (Lipinski definition) is 3. The maximum Gasteiger partial charge on any atom is 0.425 e. The van der Waals surface area contributed by atoms with E-state index in [1.807, 2.05) is 0 Å². The Morgan fingerprint density at radius 1 is 1.22 bits per heavy atom. The van der Waals surface area contributed by atoms with Gasteiger partial charge in [0.2, 0.25) is 9.05 Å². The van der Waals surface area contributed by atoms with Gasteiger partial charge < -0.3 is 0 Å². The third-order valence-corrected chi connectivity index (χ3v) is 4.37. The molecular weight excluding hydrogens is 309 g/mol. The summed E-state index contributed by atoms with van der Waals surface area (Å²) in [6.07, 6.45) is -4.39. The molecule has 0 amide bonds. The minimum atomic E-state index is -4.39. The summed E-state index contributed by atoms with van der Waals surface area (Å²) in [7, 11) is 1.38. The lowest BCUT2D eigenvalue weighted by Gasteiger charge is -1.99. The van der Waals surface area contributed by atoms with Crippen molar-refractivity contribution in [2.75, 3.05) is 0 Å². The van der Waals surface area contributed by atoms with Crippen LogP contribution in [0.15, 0.2) is 24.3 Å². The summed E-state index contributed by atoms with van der Waals surface area (Å²) in [4.78, 5) is -0.705. The highest BCUT2D eigenvalue weighted by molar-refractivity contribution is 8.13. The molecule has 0 aliphatic carbocycles. The smallest absolute Gasteiger partial charge is 0.212 e. The Bertz CT molecular complexity index is 689. The van der Waals surface area contributed by atoms with Crippen molar-refractivity contribution in [3.63, 3.8) is 0 Å². The standard InChI is InChI=1S/C10H6ClF3O2S2/c11-18(15,16)5-6-1-2-8-7(3-6)4-9(17-8)10(12,13)14/h1-4H,5H2. The zero-order valence-electron chi connectivity index (χ0n) is 8.66. The van der Waals surface area contributed by atoms with Crippen LogP contribution >= 0.6 is 22.0 Å². The molecule has 8 heteroatoms. The van der Waals surface area contributed by atoms with Gasteiger partial charge in [0.1, 0.15) is 4.88 Å².